The van der Waals surface area contributed by atoms with Gasteiger partial charge in [-0.15, -0.1) is 0 Å². The third-order valence-electron chi connectivity index (χ3n) is 4.34. The lowest BCUT2D eigenvalue weighted by Gasteiger charge is -2.09. The smallest absolute Gasteiger partial charge is 0.166 e. The maximum absolute atomic E-state index is 10.2. The SMILES string of the molecule is COc1cccc(/C=N/Nc2nc(-c3ccccc3Cl)nc3ccccc23)c1O. The molecule has 0 aliphatic rings. The number of phenolic OH excluding ortho intramolecular Hbond substituents is 1. The van der Waals surface area contributed by atoms with Gasteiger partial charge < -0.3 is 9.84 Å². The molecule has 0 radical (unpaired) electrons. The highest BCUT2D eigenvalue weighted by molar-refractivity contribution is 6.33. The second-order valence-corrected chi connectivity index (χ2v) is 6.57. The van der Waals surface area contributed by atoms with E-state index in [1.807, 2.05) is 42.5 Å². The van der Waals surface area contributed by atoms with Crippen molar-refractivity contribution in [2.75, 3.05) is 12.5 Å². The zero-order chi connectivity index (χ0) is 20.2. The quantitative estimate of drug-likeness (QED) is 0.357. The fourth-order valence-corrected chi connectivity index (χ4v) is 3.12. The van der Waals surface area contributed by atoms with E-state index in [-0.39, 0.29) is 5.75 Å². The van der Waals surface area contributed by atoms with Gasteiger partial charge in [0, 0.05) is 16.5 Å². The number of anilines is 1. The van der Waals surface area contributed by atoms with E-state index < -0.39 is 0 Å². The number of benzene rings is 3. The second-order valence-electron chi connectivity index (χ2n) is 6.16. The number of aromatic hydroxyl groups is 1. The highest BCUT2D eigenvalue weighted by Gasteiger charge is 2.11. The first kappa shape index (κ1) is 18.7. The van der Waals surface area contributed by atoms with Crippen molar-refractivity contribution in [2.45, 2.75) is 0 Å². The van der Waals surface area contributed by atoms with Gasteiger partial charge in [0.05, 0.1) is 23.9 Å². The number of nitrogens with one attached hydrogen (secondary N) is 1. The normalized spacial score (nSPS) is 11.1. The van der Waals surface area contributed by atoms with Crippen LogP contribution < -0.4 is 10.2 Å². The number of hydrogen-bond acceptors (Lipinski definition) is 6. The van der Waals surface area contributed by atoms with Crippen LogP contribution in [0.4, 0.5) is 5.82 Å². The predicted molar refractivity (Wildman–Crippen MR) is 116 cm³/mol. The van der Waals surface area contributed by atoms with Gasteiger partial charge in [-0.2, -0.15) is 5.10 Å². The average molecular weight is 405 g/mol. The lowest BCUT2D eigenvalue weighted by atomic mass is 10.2. The van der Waals surface area contributed by atoms with Crippen LogP contribution >= 0.6 is 11.6 Å². The number of para-hydroxylation sites is 2. The van der Waals surface area contributed by atoms with Gasteiger partial charge in [-0.05, 0) is 36.4 Å². The molecule has 0 atom stereocenters. The number of ether oxygens (including phenoxy) is 1. The van der Waals surface area contributed by atoms with Crippen LogP contribution in [0.2, 0.25) is 5.02 Å². The molecule has 1 heterocycles. The van der Waals surface area contributed by atoms with Crippen molar-refractivity contribution in [1.29, 1.82) is 0 Å². The van der Waals surface area contributed by atoms with Crippen LogP contribution in [-0.2, 0) is 0 Å². The molecule has 0 bridgehead atoms. The molecule has 0 fully saturated rings. The molecule has 4 aromatic rings. The maximum atomic E-state index is 10.2. The van der Waals surface area contributed by atoms with Gasteiger partial charge in [-0.3, -0.25) is 5.43 Å². The Morgan fingerprint density at radius 1 is 1.00 bits per heavy atom. The number of halogens is 1. The zero-order valence-corrected chi connectivity index (χ0v) is 16.3. The van der Waals surface area contributed by atoms with E-state index in [4.69, 9.17) is 16.3 Å². The number of nitrogens with zero attached hydrogens (tertiary/aromatic N) is 3. The van der Waals surface area contributed by atoms with Gasteiger partial charge in [0.15, 0.2) is 23.1 Å². The molecule has 144 valence electrons. The lowest BCUT2D eigenvalue weighted by molar-refractivity contribution is 0.373. The van der Waals surface area contributed by atoms with E-state index in [0.29, 0.717) is 28.0 Å². The zero-order valence-electron chi connectivity index (χ0n) is 15.5. The number of fused-ring (bicyclic) bond motifs is 1. The second kappa shape index (κ2) is 8.16. The largest absolute Gasteiger partial charge is 0.504 e. The Hall–Kier alpha value is -3.64. The summed E-state index contributed by atoms with van der Waals surface area (Å²) in [5, 5.41) is 15.8. The number of hydrogen-bond donors (Lipinski definition) is 2. The summed E-state index contributed by atoms with van der Waals surface area (Å²) in [6, 6.07) is 20.2. The number of aromatic nitrogens is 2. The number of methoxy groups -OCH3 is 1. The standard InChI is InChI=1S/C22H17ClN4O2/c1-29-19-12-6-7-14(20(19)28)13-24-27-22-16-9-3-5-11-18(16)25-21(26-22)15-8-2-4-10-17(15)23/h2-13,28H,1H3,(H,25,26,27)/b24-13+. The van der Waals surface area contributed by atoms with Crippen LogP contribution in [-0.4, -0.2) is 28.4 Å². The van der Waals surface area contributed by atoms with Crippen molar-refractivity contribution in [2.24, 2.45) is 5.10 Å². The van der Waals surface area contributed by atoms with Gasteiger partial charge >= 0.3 is 0 Å². The number of rotatable bonds is 5. The Balaban J connectivity index is 1.73. The summed E-state index contributed by atoms with van der Waals surface area (Å²) < 4.78 is 5.12. The van der Waals surface area contributed by atoms with E-state index in [2.05, 4.69) is 20.5 Å². The molecule has 0 amide bonds. The Kier molecular flexibility index (Phi) is 5.27. The summed E-state index contributed by atoms with van der Waals surface area (Å²) in [5.41, 5.74) is 4.97. The first-order valence-corrected chi connectivity index (χ1v) is 9.22. The van der Waals surface area contributed by atoms with Crippen molar-refractivity contribution in [1.82, 2.24) is 9.97 Å². The highest BCUT2D eigenvalue weighted by atomic mass is 35.5. The van der Waals surface area contributed by atoms with E-state index in [1.54, 1.807) is 24.3 Å². The van der Waals surface area contributed by atoms with E-state index in [1.165, 1.54) is 13.3 Å². The Morgan fingerprint density at radius 2 is 1.79 bits per heavy atom. The van der Waals surface area contributed by atoms with Crippen molar-refractivity contribution < 1.29 is 9.84 Å². The minimum absolute atomic E-state index is 0.0184. The molecule has 29 heavy (non-hydrogen) atoms. The van der Waals surface area contributed by atoms with Gasteiger partial charge in [0.1, 0.15) is 0 Å². The first-order valence-electron chi connectivity index (χ1n) is 8.84. The molecule has 1 aromatic heterocycles. The summed E-state index contributed by atoms with van der Waals surface area (Å²) >= 11 is 6.32. The predicted octanol–water partition coefficient (Wildman–Crippen LogP) is 5.11. The molecule has 0 unspecified atom stereocenters. The fourth-order valence-electron chi connectivity index (χ4n) is 2.90. The Labute approximate surface area is 172 Å². The monoisotopic (exact) mass is 404 g/mol. The van der Waals surface area contributed by atoms with Gasteiger partial charge in [-0.25, -0.2) is 9.97 Å². The fraction of sp³-hybridized carbons (Fsp3) is 0.0455. The Morgan fingerprint density at radius 3 is 2.62 bits per heavy atom. The van der Waals surface area contributed by atoms with Crippen molar-refractivity contribution in [3.05, 3.63) is 77.3 Å². The summed E-state index contributed by atoms with van der Waals surface area (Å²) in [6.07, 6.45) is 1.50. The summed E-state index contributed by atoms with van der Waals surface area (Å²) in [6.45, 7) is 0. The molecule has 2 N–H and O–H groups in total. The van der Waals surface area contributed by atoms with Gasteiger partial charge in [-0.1, -0.05) is 41.9 Å². The van der Waals surface area contributed by atoms with E-state index >= 15 is 0 Å². The molecule has 7 heteroatoms. The van der Waals surface area contributed by atoms with Crippen molar-refractivity contribution in [3.63, 3.8) is 0 Å². The summed E-state index contributed by atoms with van der Waals surface area (Å²) in [5.74, 6) is 1.42. The van der Waals surface area contributed by atoms with Gasteiger partial charge in [0.2, 0.25) is 0 Å². The highest BCUT2D eigenvalue weighted by Crippen LogP contribution is 2.30. The van der Waals surface area contributed by atoms with Crippen LogP contribution in [0.5, 0.6) is 11.5 Å². The number of phenols is 1. The van der Waals surface area contributed by atoms with E-state index in [9.17, 15) is 5.11 Å². The molecule has 0 aliphatic carbocycles. The molecular formula is C22H17ClN4O2. The molecule has 0 saturated heterocycles. The minimum Gasteiger partial charge on any atom is -0.504 e. The molecule has 0 saturated carbocycles. The van der Waals surface area contributed by atoms with E-state index in [0.717, 1.165) is 16.5 Å². The number of hydrazone groups is 1. The lowest BCUT2D eigenvalue weighted by Crippen LogP contribution is -1.99. The average Bonchev–Trinajstić information content (AvgIpc) is 2.75. The first-order chi connectivity index (χ1) is 14.2. The van der Waals surface area contributed by atoms with Gasteiger partial charge in [0.25, 0.3) is 0 Å². The van der Waals surface area contributed by atoms with Crippen LogP contribution in [0.25, 0.3) is 22.3 Å². The molecule has 0 spiro atoms. The van der Waals surface area contributed by atoms with Crippen molar-refractivity contribution >= 4 is 34.5 Å². The van der Waals surface area contributed by atoms with Crippen LogP contribution in [0.3, 0.4) is 0 Å². The Bertz CT molecular complexity index is 1210. The molecule has 4 rings (SSSR count). The third kappa shape index (κ3) is 3.83. The molecule has 0 aliphatic heterocycles. The van der Waals surface area contributed by atoms with Crippen LogP contribution in [0, 0.1) is 0 Å². The van der Waals surface area contributed by atoms with Crippen molar-refractivity contribution in [3.8, 4) is 22.9 Å². The molecular weight excluding hydrogens is 388 g/mol. The minimum atomic E-state index is 0.0184. The van der Waals surface area contributed by atoms with Crippen LogP contribution in [0.15, 0.2) is 71.8 Å². The topological polar surface area (TPSA) is 79.6 Å². The molecule has 3 aromatic carbocycles. The summed E-state index contributed by atoms with van der Waals surface area (Å²) in [4.78, 5) is 9.24. The third-order valence-corrected chi connectivity index (χ3v) is 4.67. The maximum Gasteiger partial charge on any atom is 0.166 e. The van der Waals surface area contributed by atoms with Crippen LogP contribution in [0.1, 0.15) is 5.56 Å². The molecule has 6 nitrogen and oxygen atoms in total. The summed E-state index contributed by atoms with van der Waals surface area (Å²) in [7, 11) is 1.50.